The van der Waals surface area contributed by atoms with Gasteiger partial charge in [-0.25, -0.2) is 4.39 Å². The fourth-order valence-electron chi connectivity index (χ4n) is 1.24. The van der Waals surface area contributed by atoms with Gasteiger partial charge >= 0.3 is 0 Å². The molecule has 3 heteroatoms. The Kier molecular flexibility index (Phi) is 1.85. The maximum absolute atomic E-state index is 13.2. The van der Waals surface area contributed by atoms with Crippen molar-refractivity contribution < 1.29 is 4.39 Å². The number of benzene rings is 1. The van der Waals surface area contributed by atoms with Gasteiger partial charge in [0.15, 0.2) is 0 Å². The Bertz CT molecular complexity index is 431. The first-order valence-corrected chi connectivity index (χ1v) is 4.88. The first-order valence-electron chi connectivity index (χ1n) is 3.55. The second-order valence-electron chi connectivity index (χ2n) is 2.69. The minimum absolute atomic E-state index is 0.151. The summed E-state index contributed by atoms with van der Waals surface area (Å²) in [6.07, 6.45) is 0. The van der Waals surface area contributed by atoms with Crippen molar-refractivity contribution in [1.29, 1.82) is 0 Å². The van der Waals surface area contributed by atoms with Gasteiger partial charge in [0.25, 0.3) is 0 Å². The van der Waals surface area contributed by atoms with E-state index in [-0.39, 0.29) is 5.82 Å². The molecule has 0 saturated carbocycles. The van der Waals surface area contributed by atoms with Crippen LogP contribution in [0.2, 0.25) is 0 Å². The van der Waals surface area contributed by atoms with Crippen LogP contribution in [-0.2, 0) is 0 Å². The quantitative estimate of drug-likeness (QED) is 0.614. The first-order chi connectivity index (χ1) is 5.70. The fraction of sp³-hybridized carbons (Fsp3) is 0.111. The molecule has 1 heterocycles. The second-order valence-corrected chi connectivity index (χ2v) is 4.05. The molecule has 0 unspecified atom stereocenters. The Morgan fingerprint density at radius 3 is 2.83 bits per heavy atom. The number of hydrogen-bond donors (Lipinski definition) is 1. The highest BCUT2D eigenvalue weighted by Gasteiger charge is 2.07. The zero-order chi connectivity index (χ0) is 8.72. The molecule has 62 valence electrons. The SMILES string of the molecule is Cc1csc2c(S)ccc(F)c12. The van der Waals surface area contributed by atoms with Crippen LogP contribution in [0.3, 0.4) is 0 Å². The van der Waals surface area contributed by atoms with Crippen molar-refractivity contribution in [2.75, 3.05) is 0 Å². The highest BCUT2D eigenvalue weighted by Crippen LogP contribution is 2.32. The number of thiol groups is 1. The van der Waals surface area contributed by atoms with Crippen LogP contribution in [0.4, 0.5) is 4.39 Å². The molecule has 12 heavy (non-hydrogen) atoms. The molecule has 0 saturated heterocycles. The predicted molar refractivity (Wildman–Crippen MR) is 53.8 cm³/mol. The molecular weight excluding hydrogens is 191 g/mol. The number of aryl methyl sites for hydroxylation is 1. The number of halogens is 1. The Balaban J connectivity index is 2.98. The van der Waals surface area contributed by atoms with Gasteiger partial charge in [0, 0.05) is 10.3 Å². The zero-order valence-electron chi connectivity index (χ0n) is 6.47. The van der Waals surface area contributed by atoms with Crippen LogP contribution in [0.5, 0.6) is 0 Å². The predicted octanol–water partition coefficient (Wildman–Crippen LogP) is 3.64. The van der Waals surface area contributed by atoms with Gasteiger partial charge in [-0.05, 0) is 30.0 Å². The van der Waals surface area contributed by atoms with Crippen LogP contribution in [0.25, 0.3) is 10.1 Å². The summed E-state index contributed by atoms with van der Waals surface area (Å²) in [5.74, 6) is -0.151. The van der Waals surface area contributed by atoms with E-state index in [2.05, 4.69) is 12.6 Å². The van der Waals surface area contributed by atoms with Crippen molar-refractivity contribution in [3.63, 3.8) is 0 Å². The Labute approximate surface area is 79.4 Å². The Morgan fingerprint density at radius 1 is 1.42 bits per heavy atom. The molecule has 0 nitrogen and oxygen atoms in total. The van der Waals surface area contributed by atoms with E-state index in [1.807, 2.05) is 12.3 Å². The molecule has 0 spiro atoms. The van der Waals surface area contributed by atoms with Crippen LogP contribution >= 0.6 is 24.0 Å². The minimum atomic E-state index is -0.151. The van der Waals surface area contributed by atoms with E-state index in [4.69, 9.17) is 0 Å². The van der Waals surface area contributed by atoms with E-state index in [1.54, 1.807) is 6.07 Å². The monoisotopic (exact) mass is 198 g/mol. The van der Waals surface area contributed by atoms with Gasteiger partial charge in [-0.1, -0.05) is 0 Å². The summed E-state index contributed by atoms with van der Waals surface area (Å²) in [6, 6.07) is 3.15. The second kappa shape index (κ2) is 2.75. The van der Waals surface area contributed by atoms with Gasteiger partial charge in [0.05, 0.1) is 4.70 Å². The Morgan fingerprint density at radius 2 is 2.17 bits per heavy atom. The third-order valence-electron chi connectivity index (χ3n) is 1.83. The average Bonchev–Trinajstić information content (AvgIpc) is 2.42. The normalized spacial score (nSPS) is 10.9. The molecule has 0 amide bonds. The maximum atomic E-state index is 13.2. The molecule has 0 aliphatic heterocycles. The van der Waals surface area contributed by atoms with E-state index in [0.717, 1.165) is 15.2 Å². The molecule has 0 radical (unpaired) electrons. The largest absolute Gasteiger partial charge is 0.206 e. The lowest BCUT2D eigenvalue weighted by Crippen LogP contribution is -1.77. The van der Waals surface area contributed by atoms with E-state index in [9.17, 15) is 4.39 Å². The Hall–Kier alpha value is -0.540. The molecule has 0 fully saturated rings. The van der Waals surface area contributed by atoms with Gasteiger partial charge in [-0.2, -0.15) is 0 Å². The van der Waals surface area contributed by atoms with Gasteiger partial charge in [0.1, 0.15) is 5.82 Å². The van der Waals surface area contributed by atoms with Crippen molar-refractivity contribution >= 4 is 34.1 Å². The van der Waals surface area contributed by atoms with Gasteiger partial charge in [-0.15, -0.1) is 24.0 Å². The van der Waals surface area contributed by atoms with Crippen LogP contribution in [-0.4, -0.2) is 0 Å². The summed E-state index contributed by atoms with van der Waals surface area (Å²) in [4.78, 5) is 0.851. The van der Waals surface area contributed by atoms with E-state index < -0.39 is 0 Å². The molecule has 0 atom stereocenters. The summed E-state index contributed by atoms with van der Waals surface area (Å²) in [5, 5.41) is 2.67. The third kappa shape index (κ3) is 1.04. The topological polar surface area (TPSA) is 0 Å². The van der Waals surface area contributed by atoms with E-state index >= 15 is 0 Å². The molecular formula is C9H7FS2. The lowest BCUT2D eigenvalue weighted by Gasteiger charge is -1.96. The van der Waals surface area contributed by atoms with Gasteiger partial charge in [-0.3, -0.25) is 0 Å². The fourth-order valence-corrected chi connectivity index (χ4v) is 2.56. The number of hydrogen-bond acceptors (Lipinski definition) is 2. The number of fused-ring (bicyclic) bond motifs is 1. The highest BCUT2D eigenvalue weighted by molar-refractivity contribution is 7.80. The number of thiophene rings is 1. The summed E-state index contributed by atoms with van der Waals surface area (Å²) in [5.41, 5.74) is 0.989. The molecule has 2 aromatic rings. The van der Waals surface area contributed by atoms with Crippen LogP contribution < -0.4 is 0 Å². The third-order valence-corrected chi connectivity index (χ3v) is 3.49. The standard InChI is InChI=1S/C9H7FS2/c1-5-4-12-9-7(11)3-2-6(10)8(5)9/h2-4,11H,1H3. The minimum Gasteiger partial charge on any atom is -0.206 e. The lowest BCUT2D eigenvalue weighted by molar-refractivity contribution is 0.639. The van der Waals surface area contributed by atoms with Gasteiger partial charge in [0.2, 0.25) is 0 Å². The average molecular weight is 198 g/mol. The van der Waals surface area contributed by atoms with Crippen molar-refractivity contribution in [1.82, 2.24) is 0 Å². The zero-order valence-corrected chi connectivity index (χ0v) is 8.18. The van der Waals surface area contributed by atoms with Crippen LogP contribution in [0, 0.1) is 12.7 Å². The van der Waals surface area contributed by atoms with E-state index in [0.29, 0.717) is 5.39 Å². The van der Waals surface area contributed by atoms with Crippen molar-refractivity contribution in [2.45, 2.75) is 11.8 Å². The first kappa shape index (κ1) is 8.08. The summed E-state index contributed by atoms with van der Waals surface area (Å²) < 4.78 is 14.2. The van der Waals surface area contributed by atoms with Crippen molar-refractivity contribution in [2.24, 2.45) is 0 Å². The summed E-state index contributed by atoms with van der Waals surface area (Å²) >= 11 is 5.79. The molecule has 1 aromatic heterocycles. The highest BCUT2D eigenvalue weighted by atomic mass is 32.1. The molecule has 0 bridgehead atoms. The summed E-state index contributed by atoms with van der Waals surface area (Å²) in [7, 11) is 0. The molecule has 0 aliphatic carbocycles. The van der Waals surface area contributed by atoms with Crippen molar-refractivity contribution in [3.05, 3.63) is 28.9 Å². The van der Waals surface area contributed by atoms with Crippen LogP contribution in [0.15, 0.2) is 22.4 Å². The molecule has 0 aliphatic rings. The van der Waals surface area contributed by atoms with Crippen LogP contribution in [0.1, 0.15) is 5.56 Å². The molecule has 1 aromatic carbocycles. The smallest absolute Gasteiger partial charge is 0.132 e. The molecule has 2 rings (SSSR count). The lowest BCUT2D eigenvalue weighted by atomic mass is 10.2. The summed E-state index contributed by atoms with van der Waals surface area (Å²) in [6.45, 7) is 1.91. The van der Waals surface area contributed by atoms with E-state index in [1.165, 1.54) is 17.4 Å². The van der Waals surface area contributed by atoms with Crippen molar-refractivity contribution in [3.8, 4) is 0 Å². The van der Waals surface area contributed by atoms with Gasteiger partial charge < -0.3 is 0 Å². The number of rotatable bonds is 0. The molecule has 0 N–H and O–H groups in total. The maximum Gasteiger partial charge on any atom is 0.132 e.